The molecule has 0 atom stereocenters. The molecule has 0 aliphatic heterocycles. The van der Waals surface area contributed by atoms with E-state index in [0.29, 0.717) is 22.6 Å². The Labute approximate surface area is 128 Å². The lowest BCUT2D eigenvalue weighted by molar-refractivity contribution is -0.137. The Balaban J connectivity index is 2.20. The highest BCUT2D eigenvalue weighted by molar-refractivity contribution is 9.10. The summed E-state index contributed by atoms with van der Waals surface area (Å²) in [6.45, 7) is 0.303. The molecular formula is C14H12BrF3N2O. The second-order valence-corrected chi connectivity index (χ2v) is 5.07. The molecule has 1 heterocycles. The number of alkyl halides is 3. The molecule has 0 amide bonds. The minimum absolute atomic E-state index is 0.303. The maximum Gasteiger partial charge on any atom is 0.416 e. The van der Waals surface area contributed by atoms with Gasteiger partial charge in [0.1, 0.15) is 0 Å². The van der Waals surface area contributed by atoms with Gasteiger partial charge in [0.05, 0.1) is 12.7 Å². The van der Waals surface area contributed by atoms with Gasteiger partial charge in [-0.15, -0.1) is 0 Å². The highest BCUT2D eigenvalue weighted by Crippen LogP contribution is 2.34. The molecule has 21 heavy (non-hydrogen) atoms. The van der Waals surface area contributed by atoms with E-state index in [0.717, 1.165) is 17.7 Å². The van der Waals surface area contributed by atoms with Crippen molar-refractivity contribution in [2.75, 3.05) is 12.4 Å². The fourth-order valence-electron chi connectivity index (χ4n) is 1.77. The van der Waals surface area contributed by atoms with Crippen LogP contribution in [0.5, 0.6) is 5.88 Å². The number of benzene rings is 1. The average Bonchev–Trinajstić information content (AvgIpc) is 2.45. The summed E-state index contributed by atoms with van der Waals surface area (Å²) >= 11 is 3.23. The van der Waals surface area contributed by atoms with E-state index >= 15 is 0 Å². The number of aromatic nitrogens is 1. The number of anilines is 1. The molecule has 1 N–H and O–H groups in total. The predicted octanol–water partition coefficient (Wildman–Crippen LogP) is 4.48. The zero-order valence-corrected chi connectivity index (χ0v) is 12.6. The minimum atomic E-state index is -4.37. The lowest BCUT2D eigenvalue weighted by Crippen LogP contribution is -2.07. The minimum Gasteiger partial charge on any atom is -0.481 e. The smallest absolute Gasteiger partial charge is 0.416 e. The zero-order chi connectivity index (χ0) is 15.5. The molecule has 0 aliphatic carbocycles. The number of nitrogens with one attached hydrogen (secondary N) is 1. The van der Waals surface area contributed by atoms with Crippen molar-refractivity contribution in [1.82, 2.24) is 4.98 Å². The third kappa shape index (κ3) is 3.87. The van der Waals surface area contributed by atoms with Gasteiger partial charge >= 0.3 is 6.18 Å². The SMILES string of the molecule is COc1ncccc1CNc1cc(C(F)(F)F)ccc1Br. The molecule has 1 aromatic carbocycles. The van der Waals surface area contributed by atoms with E-state index in [1.807, 2.05) is 0 Å². The summed E-state index contributed by atoms with van der Waals surface area (Å²) in [5.41, 5.74) is 0.409. The summed E-state index contributed by atoms with van der Waals surface area (Å²) in [5, 5.41) is 2.95. The van der Waals surface area contributed by atoms with Crippen LogP contribution in [0.15, 0.2) is 41.0 Å². The summed E-state index contributed by atoms with van der Waals surface area (Å²) in [7, 11) is 1.49. The van der Waals surface area contributed by atoms with Gasteiger partial charge in [-0.05, 0) is 40.2 Å². The van der Waals surface area contributed by atoms with Crippen LogP contribution in [0.1, 0.15) is 11.1 Å². The number of methoxy groups -OCH3 is 1. The Hall–Kier alpha value is -1.76. The zero-order valence-electron chi connectivity index (χ0n) is 11.0. The molecule has 0 saturated heterocycles. The molecule has 112 valence electrons. The van der Waals surface area contributed by atoms with E-state index < -0.39 is 11.7 Å². The maximum absolute atomic E-state index is 12.7. The lowest BCUT2D eigenvalue weighted by Gasteiger charge is -2.13. The monoisotopic (exact) mass is 360 g/mol. The first-order valence-electron chi connectivity index (χ1n) is 6.00. The van der Waals surface area contributed by atoms with Crippen LogP contribution in [0.25, 0.3) is 0 Å². The average molecular weight is 361 g/mol. The van der Waals surface area contributed by atoms with Gasteiger partial charge < -0.3 is 10.1 Å². The number of hydrogen-bond donors (Lipinski definition) is 1. The Morgan fingerprint density at radius 2 is 2.05 bits per heavy atom. The first-order valence-corrected chi connectivity index (χ1v) is 6.79. The van der Waals surface area contributed by atoms with Crippen LogP contribution >= 0.6 is 15.9 Å². The second kappa shape index (κ2) is 6.34. The largest absolute Gasteiger partial charge is 0.481 e. The van der Waals surface area contributed by atoms with Gasteiger partial charge in [-0.3, -0.25) is 0 Å². The van der Waals surface area contributed by atoms with Gasteiger partial charge in [0.2, 0.25) is 5.88 Å². The Morgan fingerprint density at radius 1 is 1.29 bits per heavy atom. The standard InChI is InChI=1S/C14H12BrF3N2O/c1-21-13-9(3-2-6-19-13)8-20-12-7-10(14(16,17)18)4-5-11(12)15/h2-7,20H,8H2,1H3. The molecule has 0 saturated carbocycles. The van der Waals surface area contributed by atoms with E-state index in [-0.39, 0.29) is 0 Å². The van der Waals surface area contributed by atoms with Crippen LogP contribution in [0.2, 0.25) is 0 Å². The van der Waals surface area contributed by atoms with Crippen molar-refractivity contribution in [2.24, 2.45) is 0 Å². The molecule has 3 nitrogen and oxygen atoms in total. The summed E-state index contributed by atoms with van der Waals surface area (Å²) in [4.78, 5) is 4.03. The number of hydrogen-bond acceptors (Lipinski definition) is 3. The van der Waals surface area contributed by atoms with E-state index in [1.165, 1.54) is 13.2 Å². The van der Waals surface area contributed by atoms with Crippen LogP contribution in [0, 0.1) is 0 Å². The molecule has 0 unspecified atom stereocenters. The van der Waals surface area contributed by atoms with E-state index in [9.17, 15) is 13.2 Å². The predicted molar refractivity (Wildman–Crippen MR) is 77.3 cm³/mol. The molecule has 0 spiro atoms. The molecule has 0 fully saturated rings. The molecular weight excluding hydrogens is 349 g/mol. The second-order valence-electron chi connectivity index (χ2n) is 4.22. The molecule has 2 rings (SSSR count). The summed E-state index contributed by atoms with van der Waals surface area (Å²) in [6.07, 6.45) is -2.79. The van der Waals surface area contributed by atoms with Crippen LogP contribution in [0.3, 0.4) is 0 Å². The molecule has 0 aliphatic rings. The summed E-state index contributed by atoms with van der Waals surface area (Å²) in [5.74, 6) is 0.438. The maximum atomic E-state index is 12.7. The molecule has 0 bridgehead atoms. The van der Waals surface area contributed by atoms with E-state index in [4.69, 9.17) is 4.74 Å². The molecule has 1 aromatic heterocycles. The summed E-state index contributed by atoms with van der Waals surface area (Å²) in [6, 6.07) is 6.99. The third-order valence-electron chi connectivity index (χ3n) is 2.81. The molecule has 7 heteroatoms. The fraction of sp³-hybridized carbons (Fsp3) is 0.214. The van der Waals surface area contributed by atoms with Crippen molar-refractivity contribution >= 4 is 21.6 Å². The number of nitrogens with zero attached hydrogens (tertiary/aromatic N) is 1. The van der Waals surface area contributed by atoms with Crippen molar-refractivity contribution in [3.63, 3.8) is 0 Å². The summed E-state index contributed by atoms with van der Waals surface area (Å²) < 4.78 is 43.8. The van der Waals surface area contributed by atoms with Crippen LogP contribution in [0.4, 0.5) is 18.9 Å². The van der Waals surface area contributed by atoms with Crippen LogP contribution < -0.4 is 10.1 Å². The van der Waals surface area contributed by atoms with E-state index in [1.54, 1.807) is 18.3 Å². The Bertz CT molecular complexity index is 632. The van der Waals surface area contributed by atoms with Gasteiger partial charge in [-0.1, -0.05) is 6.07 Å². The van der Waals surface area contributed by atoms with Crippen molar-refractivity contribution in [3.05, 3.63) is 52.1 Å². The first-order chi connectivity index (χ1) is 9.91. The molecule has 2 aromatic rings. The number of ether oxygens (including phenoxy) is 1. The van der Waals surface area contributed by atoms with Crippen LogP contribution in [-0.2, 0) is 12.7 Å². The van der Waals surface area contributed by atoms with Gasteiger partial charge in [0.15, 0.2) is 0 Å². The highest BCUT2D eigenvalue weighted by Gasteiger charge is 2.30. The topological polar surface area (TPSA) is 34.1 Å². The first kappa shape index (κ1) is 15.6. The normalized spacial score (nSPS) is 11.3. The number of pyridine rings is 1. The van der Waals surface area contributed by atoms with Gasteiger partial charge in [0.25, 0.3) is 0 Å². The highest BCUT2D eigenvalue weighted by atomic mass is 79.9. The number of halogens is 4. The quantitative estimate of drug-likeness (QED) is 0.872. The van der Waals surface area contributed by atoms with Crippen molar-refractivity contribution in [3.8, 4) is 5.88 Å². The van der Waals surface area contributed by atoms with Crippen molar-refractivity contribution < 1.29 is 17.9 Å². The molecule has 0 radical (unpaired) electrons. The lowest BCUT2D eigenvalue weighted by atomic mass is 10.2. The Kier molecular flexibility index (Phi) is 4.72. The van der Waals surface area contributed by atoms with Crippen molar-refractivity contribution in [2.45, 2.75) is 12.7 Å². The van der Waals surface area contributed by atoms with Crippen LogP contribution in [-0.4, -0.2) is 12.1 Å². The van der Waals surface area contributed by atoms with Crippen molar-refractivity contribution in [1.29, 1.82) is 0 Å². The van der Waals surface area contributed by atoms with E-state index in [2.05, 4.69) is 26.2 Å². The fourth-order valence-corrected chi connectivity index (χ4v) is 2.16. The van der Waals surface area contributed by atoms with Gasteiger partial charge in [-0.2, -0.15) is 13.2 Å². The van der Waals surface area contributed by atoms with Gasteiger partial charge in [0, 0.05) is 28.5 Å². The Morgan fingerprint density at radius 3 is 2.71 bits per heavy atom. The van der Waals surface area contributed by atoms with Gasteiger partial charge in [-0.25, -0.2) is 4.98 Å². The third-order valence-corrected chi connectivity index (χ3v) is 3.50. The number of rotatable bonds is 4.